The highest BCUT2D eigenvalue weighted by molar-refractivity contribution is 6.14. The third-order valence-electron chi connectivity index (χ3n) is 8.78. The number of fused-ring (bicyclic) bond motifs is 9. The van der Waals surface area contributed by atoms with Gasteiger partial charge >= 0.3 is 0 Å². The van der Waals surface area contributed by atoms with Gasteiger partial charge in [0.2, 0.25) is 0 Å². The molecule has 200 valence electrons. The molecule has 0 spiro atoms. The van der Waals surface area contributed by atoms with Crippen LogP contribution in [0.5, 0.6) is 0 Å². The predicted octanol–water partition coefficient (Wildman–Crippen LogP) is 10.9. The van der Waals surface area contributed by atoms with Crippen molar-refractivity contribution in [1.29, 1.82) is 0 Å². The van der Waals surface area contributed by atoms with Crippen molar-refractivity contribution < 1.29 is 0 Å². The van der Waals surface area contributed by atoms with E-state index in [2.05, 4.69) is 162 Å². The van der Waals surface area contributed by atoms with E-state index in [0.29, 0.717) is 0 Å². The topological polar surface area (TPSA) is 17.3 Å². The van der Waals surface area contributed by atoms with Crippen molar-refractivity contribution in [2.24, 2.45) is 0 Å². The molecule has 0 saturated heterocycles. The largest absolute Gasteiger partial charge is 0.292 e. The summed E-state index contributed by atoms with van der Waals surface area (Å²) in [6, 6.07) is 56.8. The molecule has 9 aromatic rings. The van der Waals surface area contributed by atoms with Crippen LogP contribution in [0.2, 0.25) is 0 Å². The number of rotatable bonds is 3. The van der Waals surface area contributed by atoms with Crippen molar-refractivity contribution in [2.75, 3.05) is 0 Å². The van der Waals surface area contributed by atoms with Crippen molar-refractivity contribution in [3.8, 4) is 33.4 Å². The van der Waals surface area contributed by atoms with Crippen LogP contribution in [0.3, 0.4) is 0 Å². The van der Waals surface area contributed by atoms with E-state index >= 15 is 0 Å². The molecule has 0 N–H and O–H groups in total. The Morgan fingerprint density at radius 3 is 1.63 bits per heavy atom. The number of pyridine rings is 1. The zero-order valence-electron chi connectivity index (χ0n) is 23.4. The maximum Gasteiger partial charge on any atom is 0.146 e. The predicted molar refractivity (Wildman–Crippen MR) is 182 cm³/mol. The van der Waals surface area contributed by atoms with E-state index < -0.39 is 0 Å². The molecule has 0 saturated carbocycles. The van der Waals surface area contributed by atoms with Crippen molar-refractivity contribution in [2.45, 2.75) is 0 Å². The Kier molecular flexibility index (Phi) is 5.23. The minimum Gasteiger partial charge on any atom is -0.292 e. The number of imidazole rings is 1. The minimum atomic E-state index is 1.00. The summed E-state index contributed by atoms with van der Waals surface area (Å²) < 4.78 is 2.32. The van der Waals surface area contributed by atoms with Gasteiger partial charge in [-0.2, -0.15) is 0 Å². The first-order valence-electron chi connectivity index (χ1n) is 14.7. The number of nitrogens with zero attached hydrogens (tertiary/aromatic N) is 2. The zero-order chi connectivity index (χ0) is 28.3. The van der Waals surface area contributed by atoms with Gasteiger partial charge in [0.1, 0.15) is 5.65 Å². The zero-order valence-corrected chi connectivity index (χ0v) is 23.4. The van der Waals surface area contributed by atoms with E-state index in [4.69, 9.17) is 4.98 Å². The molecule has 2 nitrogen and oxygen atoms in total. The summed E-state index contributed by atoms with van der Waals surface area (Å²) in [5.41, 5.74) is 11.6. The van der Waals surface area contributed by atoms with Crippen LogP contribution in [0.1, 0.15) is 0 Å². The second-order valence-corrected chi connectivity index (χ2v) is 11.3. The Balaban J connectivity index is 1.10. The molecule has 0 bridgehead atoms. The molecule has 0 aliphatic heterocycles. The van der Waals surface area contributed by atoms with Crippen LogP contribution in [-0.4, -0.2) is 9.38 Å². The highest BCUT2D eigenvalue weighted by Crippen LogP contribution is 2.35. The fraction of sp³-hybridized carbons (Fsp3) is 0. The lowest BCUT2D eigenvalue weighted by Gasteiger charge is -2.12. The summed E-state index contributed by atoms with van der Waals surface area (Å²) in [6.45, 7) is 0. The van der Waals surface area contributed by atoms with Crippen LogP contribution in [0.15, 0.2) is 158 Å². The van der Waals surface area contributed by atoms with Crippen LogP contribution < -0.4 is 0 Å². The Bertz CT molecular complexity index is 2480. The molecule has 7 aromatic carbocycles. The summed E-state index contributed by atoms with van der Waals surface area (Å²) in [6.07, 6.45) is 0. The van der Waals surface area contributed by atoms with Crippen LogP contribution in [0, 0.1) is 0 Å². The van der Waals surface area contributed by atoms with Gasteiger partial charge in [-0.25, -0.2) is 4.98 Å². The Labute approximate surface area is 249 Å². The monoisotopic (exact) mass is 546 g/mol. The van der Waals surface area contributed by atoms with E-state index in [1.807, 2.05) is 0 Å². The Morgan fingerprint density at radius 2 is 0.884 bits per heavy atom. The number of aromatic nitrogens is 2. The standard InChI is InChI=1S/C41H26N2/c1-2-8-32-25-33(22-21-27(32)7-1)30-17-13-28(14-18-30)29-15-19-31(20-16-29)34-23-24-36-35-9-3-4-10-37(35)41-42-38-11-5-6-12-39(38)43(41)40(36)26-34/h1-26H. The lowest BCUT2D eigenvalue weighted by Crippen LogP contribution is -1.92. The summed E-state index contributed by atoms with van der Waals surface area (Å²) >= 11 is 0. The van der Waals surface area contributed by atoms with Crippen LogP contribution in [0.25, 0.3) is 82.5 Å². The number of hydrogen-bond acceptors (Lipinski definition) is 1. The van der Waals surface area contributed by atoms with Crippen molar-refractivity contribution in [1.82, 2.24) is 9.38 Å². The lowest BCUT2D eigenvalue weighted by atomic mass is 9.96. The van der Waals surface area contributed by atoms with Gasteiger partial charge in [0.25, 0.3) is 0 Å². The molecule has 0 unspecified atom stereocenters. The second kappa shape index (κ2) is 9.40. The molecule has 0 radical (unpaired) electrons. The Hall–Kier alpha value is -5.73. The van der Waals surface area contributed by atoms with E-state index in [0.717, 1.165) is 16.7 Å². The molecule has 0 amide bonds. The van der Waals surface area contributed by atoms with Gasteiger partial charge in [0, 0.05) is 10.8 Å². The minimum absolute atomic E-state index is 1.00. The summed E-state index contributed by atoms with van der Waals surface area (Å²) in [5.74, 6) is 0. The highest BCUT2D eigenvalue weighted by atomic mass is 15.0. The first kappa shape index (κ1) is 23.9. The maximum absolute atomic E-state index is 5.04. The van der Waals surface area contributed by atoms with Gasteiger partial charge in [0.05, 0.1) is 16.6 Å². The number of para-hydroxylation sites is 2. The first-order chi connectivity index (χ1) is 21.3. The van der Waals surface area contributed by atoms with E-state index in [1.165, 1.54) is 65.8 Å². The average Bonchev–Trinajstić information content (AvgIpc) is 3.48. The van der Waals surface area contributed by atoms with Crippen LogP contribution in [0.4, 0.5) is 0 Å². The second-order valence-electron chi connectivity index (χ2n) is 11.3. The quantitative estimate of drug-likeness (QED) is 0.201. The fourth-order valence-corrected chi connectivity index (χ4v) is 6.57. The van der Waals surface area contributed by atoms with E-state index in [-0.39, 0.29) is 0 Å². The highest BCUT2D eigenvalue weighted by Gasteiger charge is 2.14. The Morgan fingerprint density at radius 1 is 0.349 bits per heavy atom. The SMILES string of the molecule is c1ccc2cc(-c3ccc(-c4ccc(-c5ccc6c7ccccc7c7nc8ccccc8n7c6c5)cc4)cc3)ccc2c1. The molecule has 43 heavy (non-hydrogen) atoms. The van der Waals surface area contributed by atoms with Gasteiger partial charge in [-0.05, 0) is 73.8 Å². The molecular formula is C41H26N2. The summed E-state index contributed by atoms with van der Waals surface area (Å²) in [4.78, 5) is 5.04. The molecule has 0 aliphatic carbocycles. The molecule has 2 heterocycles. The van der Waals surface area contributed by atoms with Crippen molar-refractivity contribution in [3.63, 3.8) is 0 Å². The van der Waals surface area contributed by atoms with Gasteiger partial charge in [0.15, 0.2) is 0 Å². The maximum atomic E-state index is 5.04. The summed E-state index contributed by atoms with van der Waals surface area (Å²) in [7, 11) is 0. The molecule has 9 rings (SSSR count). The van der Waals surface area contributed by atoms with Crippen molar-refractivity contribution in [3.05, 3.63) is 158 Å². The first-order valence-corrected chi connectivity index (χ1v) is 14.7. The van der Waals surface area contributed by atoms with Gasteiger partial charge in [-0.3, -0.25) is 4.40 Å². The lowest BCUT2D eigenvalue weighted by molar-refractivity contribution is 1.31. The van der Waals surface area contributed by atoms with Gasteiger partial charge < -0.3 is 0 Å². The average molecular weight is 547 g/mol. The van der Waals surface area contributed by atoms with Crippen molar-refractivity contribution >= 4 is 49.1 Å². The molecule has 0 fully saturated rings. The normalized spacial score (nSPS) is 11.7. The smallest absolute Gasteiger partial charge is 0.146 e. The molecule has 0 atom stereocenters. The van der Waals surface area contributed by atoms with Crippen LogP contribution in [-0.2, 0) is 0 Å². The summed E-state index contributed by atoms with van der Waals surface area (Å²) in [5, 5.41) is 6.18. The van der Waals surface area contributed by atoms with E-state index in [9.17, 15) is 0 Å². The number of benzene rings is 7. The molecule has 2 aromatic heterocycles. The van der Waals surface area contributed by atoms with Gasteiger partial charge in [-0.15, -0.1) is 0 Å². The third kappa shape index (κ3) is 3.84. The molecule has 2 heteroatoms. The van der Waals surface area contributed by atoms with Gasteiger partial charge in [-0.1, -0.05) is 133 Å². The number of hydrogen-bond donors (Lipinski definition) is 0. The fourth-order valence-electron chi connectivity index (χ4n) is 6.57. The van der Waals surface area contributed by atoms with Crippen LogP contribution >= 0.6 is 0 Å². The molecule has 0 aliphatic rings. The molecular weight excluding hydrogens is 520 g/mol. The van der Waals surface area contributed by atoms with E-state index in [1.54, 1.807) is 0 Å². The third-order valence-corrected chi connectivity index (χ3v) is 8.78.